The molecule has 8 nitrogen and oxygen atoms in total. The molecule has 32 heavy (non-hydrogen) atoms. The highest BCUT2D eigenvalue weighted by atomic mass is 16.2. The van der Waals surface area contributed by atoms with Crippen molar-refractivity contribution in [1.29, 1.82) is 0 Å². The van der Waals surface area contributed by atoms with Gasteiger partial charge in [-0.15, -0.1) is 0 Å². The Morgan fingerprint density at radius 3 is 2.41 bits per heavy atom. The van der Waals surface area contributed by atoms with Gasteiger partial charge in [0, 0.05) is 35.5 Å². The predicted molar refractivity (Wildman–Crippen MR) is 120 cm³/mol. The molecule has 0 aliphatic carbocycles. The highest BCUT2D eigenvalue weighted by Crippen LogP contribution is 2.09. The van der Waals surface area contributed by atoms with Crippen LogP contribution in [-0.4, -0.2) is 49.2 Å². The summed E-state index contributed by atoms with van der Waals surface area (Å²) in [6.07, 6.45) is 2.18. The van der Waals surface area contributed by atoms with Crippen molar-refractivity contribution < 1.29 is 19.2 Å². The number of hydrogen-bond donors (Lipinski definition) is 4. The fourth-order valence-electron chi connectivity index (χ4n) is 3.34. The van der Waals surface area contributed by atoms with Gasteiger partial charge in [-0.1, -0.05) is 36.9 Å². The molecule has 2 aromatic carbocycles. The topological polar surface area (TPSA) is 116 Å². The Bertz CT molecular complexity index is 989. The fraction of sp³-hybridized carbons (Fsp3) is 0.250. The summed E-state index contributed by atoms with van der Waals surface area (Å²) >= 11 is 0. The first-order valence-electron chi connectivity index (χ1n) is 10.4. The highest BCUT2D eigenvalue weighted by Gasteiger charge is 2.25. The molecule has 166 valence electrons. The molecule has 1 fully saturated rings. The molecule has 8 heteroatoms. The minimum absolute atomic E-state index is 0.0755. The third-order valence-corrected chi connectivity index (χ3v) is 5.18. The fourth-order valence-corrected chi connectivity index (χ4v) is 3.34. The molecule has 1 aliphatic rings. The normalized spacial score (nSPS) is 16.2. The lowest BCUT2D eigenvalue weighted by atomic mass is 10.0. The molecule has 0 saturated carbocycles. The first-order chi connectivity index (χ1) is 15.5. The van der Waals surface area contributed by atoms with Crippen molar-refractivity contribution in [3.05, 3.63) is 83.6 Å². The summed E-state index contributed by atoms with van der Waals surface area (Å²) in [4.78, 5) is 48.2. The van der Waals surface area contributed by atoms with Crippen LogP contribution in [0.25, 0.3) is 0 Å². The Balaban J connectivity index is 1.70. The Morgan fingerprint density at radius 1 is 1.06 bits per heavy atom. The van der Waals surface area contributed by atoms with E-state index in [0.29, 0.717) is 41.6 Å². The first kappa shape index (κ1) is 22.7. The number of nitrogens with one attached hydrogen (secondary N) is 4. The molecular formula is C24H26N4O4. The van der Waals surface area contributed by atoms with E-state index in [1.807, 2.05) is 6.07 Å². The summed E-state index contributed by atoms with van der Waals surface area (Å²) in [6.45, 7) is 4.71. The Labute approximate surface area is 186 Å². The maximum absolute atomic E-state index is 12.8. The molecule has 2 unspecified atom stereocenters. The van der Waals surface area contributed by atoms with Crippen LogP contribution in [-0.2, 0) is 4.79 Å². The SMILES string of the molecule is C=C(NC1CCCNC1=O)C(CNC(=O)c1ccccc1)NC(=O)c1ccc(C=O)cc1. The second-order valence-electron chi connectivity index (χ2n) is 7.50. The number of amides is 3. The van der Waals surface area contributed by atoms with E-state index in [1.165, 1.54) is 0 Å². The largest absolute Gasteiger partial charge is 0.376 e. The van der Waals surface area contributed by atoms with Crippen LogP contribution in [0.2, 0.25) is 0 Å². The average molecular weight is 434 g/mol. The number of rotatable bonds is 9. The number of benzene rings is 2. The quantitative estimate of drug-likeness (QED) is 0.446. The molecule has 1 saturated heterocycles. The molecule has 0 bridgehead atoms. The average Bonchev–Trinajstić information content (AvgIpc) is 2.83. The van der Waals surface area contributed by atoms with Crippen molar-refractivity contribution in [2.45, 2.75) is 24.9 Å². The maximum Gasteiger partial charge on any atom is 0.251 e. The molecule has 2 atom stereocenters. The Hall–Kier alpha value is -3.94. The third-order valence-electron chi connectivity index (χ3n) is 5.18. The molecule has 1 heterocycles. The second kappa shape index (κ2) is 10.9. The van der Waals surface area contributed by atoms with Crippen LogP contribution in [0.3, 0.4) is 0 Å². The van der Waals surface area contributed by atoms with Crippen LogP contribution in [0.4, 0.5) is 0 Å². The van der Waals surface area contributed by atoms with E-state index in [4.69, 9.17) is 0 Å². The highest BCUT2D eigenvalue weighted by molar-refractivity contribution is 5.96. The zero-order chi connectivity index (χ0) is 22.9. The Morgan fingerprint density at radius 2 is 1.75 bits per heavy atom. The smallest absolute Gasteiger partial charge is 0.251 e. The van der Waals surface area contributed by atoms with Crippen LogP contribution in [0.5, 0.6) is 0 Å². The lowest BCUT2D eigenvalue weighted by molar-refractivity contribution is -0.124. The number of piperidine rings is 1. The summed E-state index contributed by atoms with van der Waals surface area (Å²) in [5.41, 5.74) is 1.73. The van der Waals surface area contributed by atoms with Gasteiger partial charge >= 0.3 is 0 Å². The third kappa shape index (κ3) is 6.04. The summed E-state index contributed by atoms with van der Waals surface area (Å²) in [5.74, 6) is -0.805. The van der Waals surface area contributed by atoms with Gasteiger partial charge in [0.05, 0.1) is 6.04 Å². The molecule has 3 amide bonds. The minimum Gasteiger partial charge on any atom is -0.376 e. The van der Waals surface area contributed by atoms with E-state index in [0.717, 1.165) is 6.42 Å². The van der Waals surface area contributed by atoms with Gasteiger partial charge in [0.15, 0.2) is 0 Å². The molecule has 3 rings (SSSR count). The predicted octanol–water partition coefficient (Wildman–Crippen LogP) is 1.41. The van der Waals surface area contributed by atoms with Crippen LogP contribution in [0, 0.1) is 0 Å². The van der Waals surface area contributed by atoms with E-state index in [1.54, 1.807) is 48.5 Å². The number of aldehydes is 1. The van der Waals surface area contributed by atoms with Crippen LogP contribution < -0.4 is 21.3 Å². The van der Waals surface area contributed by atoms with E-state index < -0.39 is 18.0 Å². The van der Waals surface area contributed by atoms with Crippen molar-refractivity contribution in [3.8, 4) is 0 Å². The number of carbonyl (C=O) groups excluding carboxylic acids is 4. The molecule has 1 aliphatic heterocycles. The van der Waals surface area contributed by atoms with Crippen molar-refractivity contribution in [1.82, 2.24) is 21.3 Å². The lowest BCUT2D eigenvalue weighted by Gasteiger charge is -2.29. The second-order valence-corrected chi connectivity index (χ2v) is 7.50. The van der Waals surface area contributed by atoms with Crippen molar-refractivity contribution in [2.75, 3.05) is 13.1 Å². The molecule has 4 N–H and O–H groups in total. The summed E-state index contributed by atoms with van der Waals surface area (Å²) in [7, 11) is 0. The van der Waals surface area contributed by atoms with Crippen molar-refractivity contribution >= 4 is 24.0 Å². The van der Waals surface area contributed by atoms with Crippen LogP contribution in [0.1, 0.15) is 43.9 Å². The van der Waals surface area contributed by atoms with Crippen molar-refractivity contribution in [3.63, 3.8) is 0 Å². The van der Waals surface area contributed by atoms with Gasteiger partial charge in [-0.25, -0.2) is 0 Å². The zero-order valence-corrected chi connectivity index (χ0v) is 17.6. The minimum atomic E-state index is -0.671. The summed E-state index contributed by atoms with van der Waals surface area (Å²) < 4.78 is 0. The Kier molecular flexibility index (Phi) is 7.75. The van der Waals surface area contributed by atoms with Gasteiger partial charge in [-0.05, 0) is 37.1 Å². The monoisotopic (exact) mass is 434 g/mol. The first-order valence-corrected chi connectivity index (χ1v) is 10.4. The van der Waals surface area contributed by atoms with Crippen molar-refractivity contribution in [2.24, 2.45) is 0 Å². The maximum atomic E-state index is 12.8. The van der Waals surface area contributed by atoms with E-state index in [2.05, 4.69) is 27.8 Å². The number of hydrogen-bond acceptors (Lipinski definition) is 5. The molecule has 2 aromatic rings. The zero-order valence-electron chi connectivity index (χ0n) is 17.6. The van der Waals surface area contributed by atoms with Gasteiger partial charge < -0.3 is 21.3 Å². The lowest BCUT2D eigenvalue weighted by Crippen LogP contribution is -2.53. The van der Waals surface area contributed by atoms with Gasteiger partial charge in [-0.2, -0.15) is 0 Å². The van der Waals surface area contributed by atoms with E-state index in [-0.39, 0.29) is 18.4 Å². The van der Waals surface area contributed by atoms with Gasteiger partial charge in [0.2, 0.25) is 5.91 Å². The molecule has 0 radical (unpaired) electrons. The molecular weight excluding hydrogens is 408 g/mol. The summed E-state index contributed by atoms with van der Waals surface area (Å²) in [6, 6.07) is 13.8. The summed E-state index contributed by atoms with van der Waals surface area (Å²) in [5, 5.41) is 11.5. The molecule has 0 aromatic heterocycles. The van der Waals surface area contributed by atoms with E-state index >= 15 is 0 Å². The van der Waals surface area contributed by atoms with Crippen LogP contribution >= 0.6 is 0 Å². The van der Waals surface area contributed by atoms with Gasteiger partial charge in [0.25, 0.3) is 11.8 Å². The van der Waals surface area contributed by atoms with Crippen LogP contribution in [0.15, 0.2) is 66.9 Å². The number of carbonyl (C=O) groups is 4. The van der Waals surface area contributed by atoms with Gasteiger partial charge in [-0.3, -0.25) is 19.2 Å². The standard InChI is InChI=1S/C24H26N4O4/c1-16(27-20-8-5-13-25-24(20)32)21(14-26-22(30)18-6-3-2-4-7-18)28-23(31)19-11-9-17(15-29)10-12-19/h2-4,6-7,9-12,15,20-21,27H,1,5,8,13-14H2,(H,25,32)(H,26,30)(H,28,31). The van der Waals surface area contributed by atoms with E-state index in [9.17, 15) is 19.2 Å². The van der Waals surface area contributed by atoms with Gasteiger partial charge in [0.1, 0.15) is 12.3 Å². The molecule has 0 spiro atoms.